The molecule has 3 rings (SSSR count). The Morgan fingerprint density at radius 2 is 1.02 bits per heavy atom. The summed E-state index contributed by atoms with van der Waals surface area (Å²) in [4.78, 5) is 119. The maximum Gasteiger partial charge on any atom is 0.408 e. The van der Waals surface area contributed by atoms with E-state index in [1.165, 1.54) is 19.1 Å². The summed E-state index contributed by atoms with van der Waals surface area (Å²) in [7, 11) is 1.00. The molecule has 4 unspecified atom stereocenters. The lowest BCUT2D eigenvalue weighted by atomic mass is 9.77. The van der Waals surface area contributed by atoms with Gasteiger partial charge in [0.05, 0.1) is 18.3 Å². The molecule has 3 aromatic carbocycles. The van der Waals surface area contributed by atoms with E-state index in [4.69, 9.17) is 44.2 Å². The number of alkyl carbamates (subject to hydrolysis) is 3. The first-order valence-electron chi connectivity index (χ1n) is 28.1. The van der Waals surface area contributed by atoms with Crippen LogP contribution in [0.4, 0.5) is 20.1 Å². The minimum absolute atomic E-state index is 0.0179. The fourth-order valence-electron chi connectivity index (χ4n) is 7.48. The van der Waals surface area contributed by atoms with E-state index in [1.807, 2.05) is 71.9 Å². The van der Waals surface area contributed by atoms with Crippen LogP contribution in [0.2, 0.25) is 0 Å². The molecular formula is C63H96N6O17. The molecule has 0 aliphatic rings. The fraction of sp³-hybridized carbons (Fsp3) is 0.571. The lowest BCUT2D eigenvalue weighted by Gasteiger charge is -2.32. The lowest BCUT2D eigenvalue weighted by molar-refractivity contribution is -0.193. The quantitative estimate of drug-likeness (QED) is 0.0317. The molecule has 5 amide bonds. The zero-order chi connectivity index (χ0) is 66.8. The van der Waals surface area contributed by atoms with Crippen molar-refractivity contribution >= 4 is 59.7 Å². The van der Waals surface area contributed by atoms with Gasteiger partial charge in [-0.25, -0.2) is 14.4 Å². The van der Waals surface area contributed by atoms with Crippen LogP contribution in [0.15, 0.2) is 66.7 Å². The molecular weight excluding hydrogens is 1110 g/mol. The first-order valence-corrected chi connectivity index (χ1v) is 28.1. The van der Waals surface area contributed by atoms with E-state index >= 15 is 0 Å². The SMILES string of the molecule is CC(N)C(=O)CCC(=O)Nc1cc(C[C@@H](CC(C)C(C)(C)C)NC(=O)OC(C)(C)C)ccc1O.CC(NC(=O)OCc1ccccc1)C(=O)NCC(=O)Cc1cc(C[C@@H](CC(C)C(C)(C)C)NC(=O)OC(C)(C)C)ccc1O.CO.O=C=O.O=C=O. The summed E-state index contributed by atoms with van der Waals surface area (Å²) in [5.74, 6) is -0.965. The third-order valence-electron chi connectivity index (χ3n) is 13.0. The van der Waals surface area contributed by atoms with Gasteiger partial charge >= 0.3 is 30.6 Å². The van der Waals surface area contributed by atoms with E-state index < -0.39 is 47.5 Å². The number of hydrogen-bond donors (Lipinski definition) is 9. The topological polar surface area (TPSA) is 362 Å². The standard InChI is InChI=1S/C34H49N3O7.C26H43N3O5.2CO2.CH4O/c1-22(33(3,4)5)16-27(37-32(42)44-34(6,7)8)18-25-14-15-29(39)26(17-25)19-28(38)20-35-30(40)23(2)36-31(41)43-21-24-12-10-9-11-13-24;1-16(25(3,4)5)13-19(28-24(33)34-26(6,7)8)14-18-9-10-22(31)20(15-18)29-23(32)12-11-21(30)17(2)27;2*2-1-3;1-2/h9-15,17,22-23,27,39H,16,18-21H2,1-8H3,(H,35,40)(H,36,41)(H,37,42);9-10,15-17,19,31H,11-14,27H2,1-8H3,(H,28,33)(H,29,32);;;2H,1H3/t22?,23?,27-;16?,17?,19-;;;/m11.../s1. The van der Waals surface area contributed by atoms with Gasteiger partial charge in [0, 0.05) is 44.0 Å². The molecule has 0 bridgehead atoms. The maximum atomic E-state index is 12.7. The molecule has 86 heavy (non-hydrogen) atoms. The van der Waals surface area contributed by atoms with Crippen molar-refractivity contribution in [2.45, 2.75) is 198 Å². The van der Waals surface area contributed by atoms with Crippen LogP contribution in [0.3, 0.4) is 0 Å². The number of aromatic hydroxyl groups is 2. The van der Waals surface area contributed by atoms with Gasteiger partial charge in [-0.1, -0.05) is 104 Å². The number of anilines is 1. The summed E-state index contributed by atoms with van der Waals surface area (Å²) in [6.07, 6.45) is 1.08. The van der Waals surface area contributed by atoms with Gasteiger partial charge in [0.1, 0.15) is 41.1 Å². The molecule has 23 heteroatoms. The predicted octanol–water partition coefficient (Wildman–Crippen LogP) is 8.42. The third-order valence-corrected chi connectivity index (χ3v) is 13.0. The number of hydrogen-bond acceptors (Lipinski definition) is 18. The lowest BCUT2D eigenvalue weighted by Crippen LogP contribution is -2.46. The van der Waals surface area contributed by atoms with Crippen LogP contribution < -0.4 is 32.3 Å². The van der Waals surface area contributed by atoms with Crippen molar-refractivity contribution in [2.75, 3.05) is 19.0 Å². The highest BCUT2D eigenvalue weighted by molar-refractivity contribution is 5.95. The molecule has 23 nitrogen and oxygen atoms in total. The second-order valence-electron chi connectivity index (χ2n) is 24.7. The van der Waals surface area contributed by atoms with Crippen LogP contribution in [-0.4, -0.2) is 118 Å². The van der Waals surface area contributed by atoms with E-state index in [-0.39, 0.29) is 108 Å². The van der Waals surface area contributed by atoms with Crippen LogP contribution in [0.1, 0.15) is 159 Å². The average Bonchev–Trinajstić information content (AvgIpc) is 3.60. The second kappa shape index (κ2) is 39.6. The highest BCUT2D eigenvalue weighted by atomic mass is 16.6. The van der Waals surface area contributed by atoms with E-state index in [1.54, 1.807) is 31.2 Å². The average molecular weight is 1210 g/mol. The first-order chi connectivity index (χ1) is 39.7. The van der Waals surface area contributed by atoms with Crippen molar-refractivity contribution in [3.8, 4) is 11.5 Å². The molecule has 0 spiro atoms. The van der Waals surface area contributed by atoms with Crippen molar-refractivity contribution in [3.05, 3.63) is 89.0 Å². The number of aliphatic hydroxyl groups is 1. The molecule has 0 aliphatic carbocycles. The molecule has 0 saturated heterocycles. The van der Waals surface area contributed by atoms with E-state index in [9.17, 15) is 43.8 Å². The molecule has 0 saturated carbocycles. The smallest absolute Gasteiger partial charge is 0.408 e. The van der Waals surface area contributed by atoms with Gasteiger partial charge in [0.2, 0.25) is 11.8 Å². The van der Waals surface area contributed by atoms with Crippen LogP contribution in [0.25, 0.3) is 0 Å². The summed E-state index contributed by atoms with van der Waals surface area (Å²) >= 11 is 0. The number of ether oxygens (including phenoxy) is 3. The summed E-state index contributed by atoms with van der Waals surface area (Å²) in [5, 5.41) is 41.3. The number of amides is 5. The molecule has 0 fully saturated rings. The van der Waals surface area contributed by atoms with Crippen molar-refractivity contribution in [1.82, 2.24) is 21.3 Å². The zero-order valence-electron chi connectivity index (χ0n) is 53.3. The monoisotopic (exact) mass is 1210 g/mol. The minimum Gasteiger partial charge on any atom is -0.508 e. The summed E-state index contributed by atoms with van der Waals surface area (Å²) < 4.78 is 16.1. The molecule has 10 N–H and O–H groups in total. The number of ketones is 2. The van der Waals surface area contributed by atoms with Gasteiger partial charge in [-0.05, 0) is 139 Å². The Labute approximate surface area is 507 Å². The molecule has 0 aliphatic heterocycles. The third kappa shape index (κ3) is 37.4. The summed E-state index contributed by atoms with van der Waals surface area (Å²) in [6.45, 7) is 31.0. The van der Waals surface area contributed by atoms with E-state index in [0.717, 1.165) is 30.2 Å². The maximum absolute atomic E-state index is 12.7. The minimum atomic E-state index is -0.923. The Morgan fingerprint density at radius 3 is 1.45 bits per heavy atom. The Morgan fingerprint density at radius 1 is 0.581 bits per heavy atom. The fourth-order valence-corrected chi connectivity index (χ4v) is 7.48. The van der Waals surface area contributed by atoms with Crippen LogP contribution in [0, 0.1) is 22.7 Å². The zero-order valence-corrected chi connectivity index (χ0v) is 53.3. The largest absolute Gasteiger partial charge is 0.508 e. The van der Waals surface area contributed by atoms with Crippen LogP contribution in [0.5, 0.6) is 11.5 Å². The normalized spacial score (nSPS) is 13.0. The Balaban J connectivity index is 0. The molecule has 0 radical (unpaired) electrons. The van der Waals surface area contributed by atoms with Gasteiger partial charge < -0.3 is 61.8 Å². The number of aliphatic hydroxyl groups excluding tert-OH is 1. The summed E-state index contributed by atoms with van der Waals surface area (Å²) in [5.41, 5.74) is 7.53. The van der Waals surface area contributed by atoms with Gasteiger partial charge in [-0.3, -0.25) is 19.2 Å². The molecule has 3 aromatic rings. The van der Waals surface area contributed by atoms with Gasteiger partial charge in [-0.2, -0.15) is 19.2 Å². The summed E-state index contributed by atoms with van der Waals surface area (Å²) in [6, 6.07) is 17.2. The number of carbonyl (C=O) groups excluding carboxylic acids is 11. The molecule has 480 valence electrons. The molecule has 0 aromatic heterocycles. The number of benzene rings is 3. The number of nitrogens with one attached hydrogen (secondary N) is 5. The van der Waals surface area contributed by atoms with E-state index in [0.29, 0.717) is 30.7 Å². The predicted molar refractivity (Wildman–Crippen MR) is 322 cm³/mol. The highest BCUT2D eigenvalue weighted by Crippen LogP contribution is 2.32. The Bertz CT molecular complexity index is 2650. The number of nitrogens with two attached hydrogens (primary N) is 1. The van der Waals surface area contributed by atoms with Crippen molar-refractivity contribution < 1.29 is 82.3 Å². The Kier molecular flexibility index (Phi) is 36.9. The van der Waals surface area contributed by atoms with Crippen LogP contribution >= 0.6 is 0 Å². The van der Waals surface area contributed by atoms with Crippen molar-refractivity contribution in [1.29, 1.82) is 0 Å². The second-order valence-corrected chi connectivity index (χ2v) is 24.7. The van der Waals surface area contributed by atoms with Gasteiger partial charge in [0.15, 0.2) is 5.78 Å². The Hall–Kier alpha value is -7.97. The van der Waals surface area contributed by atoms with Gasteiger partial charge in [-0.15, -0.1) is 0 Å². The van der Waals surface area contributed by atoms with Crippen LogP contribution in [-0.2, 0) is 78.4 Å². The number of phenols is 2. The molecule has 6 atom stereocenters. The number of carbonyl (C=O) groups is 7. The highest BCUT2D eigenvalue weighted by Gasteiger charge is 2.29. The van der Waals surface area contributed by atoms with Crippen molar-refractivity contribution in [3.63, 3.8) is 0 Å². The number of Topliss-reactive ketones (excluding diaryl/α,β-unsaturated/α-hetero) is 2. The van der Waals surface area contributed by atoms with Gasteiger partial charge in [0.25, 0.3) is 0 Å². The number of phenolic OH excluding ortho intramolecular Hbond substituents is 2. The first kappa shape index (κ1) is 80.1. The molecule has 0 heterocycles. The number of rotatable bonds is 23. The van der Waals surface area contributed by atoms with Crippen molar-refractivity contribution in [2.24, 2.45) is 28.4 Å². The van der Waals surface area contributed by atoms with E-state index in [2.05, 4.69) is 82.0 Å².